The molecule has 2 aromatic rings. The molecule has 0 spiro atoms. The Morgan fingerprint density at radius 3 is 2.84 bits per heavy atom. The molecule has 1 aromatic heterocycles. The lowest BCUT2D eigenvalue weighted by Gasteiger charge is -2.08. The maximum atomic E-state index is 10.8. The molecule has 2 N–H and O–H groups in total. The molecular formula is C13H10ClNO4. The number of carboxylic acid groups (broad SMARTS) is 1. The Hall–Kier alpha value is -2.01. The van der Waals surface area contributed by atoms with E-state index < -0.39 is 5.97 Å². The fourth-order valence-corrected chi connectivity index (χ4v) is 2.69. The zero-order valence-corrected chi connectivity index (χ0v) is 10.6. The maximum Gasteiger partial charge on any atom is 0.358 e. The number of carboxylic acids is 1. The highest BCUT2D eigenvalue weighted by Gasteiger charge is 2.23. The summed E-state index contributed by atoms with van der Waals surface area (Å²) in [6.07, 6.45) is 2.73. The number of halogens is 1. The molecule has 0 aliphatic heterocycles. The van der Waals surface area contributed by atoms with Gasteiger partial charge in [0.15, 0.2) is 11.5 Å². The first-order valence-corrected chi connectivity index (χ1v) is 6.19. The van der Waals surface area contributed by atoms with Gasteiger partial charge in [0.1, 0.15) is 5.75 Å². The highest BCUT2D eigenvalue weighted by Crippen LogP contribution is 2.42. The average molecular weight is 280 g/mol. The fourth-order valence-electron chi connectivity index (χ4n) is 2.37. The molecule has 0 amide bonds. The zero-order valence-electron chi connectivity index (χ0n) is 9.81. The minimum atomic E-state index is -1.18. The van der Waals surface area contributed by atoms with Crippen LogP contribution in [0.2, 0.25) is 5.02 Å². The van der Waals surface area contributed by atoms with Crippen molar-refractivity contribution in [2.24, 2.45) is 0 Å². The number of aromatic nitrogens is 1. The second-order valence-corrected chi connectivity index (χ2v) is 4.84. The lowest BCUT2D eigenvalue weighted by molar-refractivity contribution is 0.0686. The smallest absolute Gasteiger partial charge is 0.358 e. The summed E-state index contributed by atoms with van der Waals surface area (Å²) in [6.45, 7) is 0. The monoisotopic (exact) mass is 279 g/mol. The molecule has 0 unspecified atom stereocenters. The molecule has 5 nitrogen and oxygen atoms in total. The van der Waals surface area contributed by atoms with E-state index in [1.807, 2.05) is 0 Å². The first-order chi connectivity index (χ1) is 9.08. The van der Waals surface area contributed by atoms with E-state index in [1.54, 1.807) is 6.07 Å². The van der Waals surface area contributed by atoms with Crippen molar-refractivity contribution in [3.05, 3.63) is 34.0 Å². The highest BCUT2D eigenvalue weighted by atomic mass is 35.5. The maximum absolute atomic E-state index is 10.8. The molecule has 1 aliphatic carbocycles. The number of hydrogen-bond acceptors (Lipinski definition) is 4. The Labute approximate surface area is 113 Å². The van der Waals surface area contributed by atoms with Gasteiger partial charge in [0.25, 0.3) is 0 Å². The van der Waals surface area contributed by atoms with E-state index in [0.717, 1.165) is 30.4 Å². The zero-order chi connectivity index (χ0) is 13.6. The average Bonchev–Trinajstić information content (AvgIpc) is 3.01. The van der Waals surface area contributed by atoms with E-state index in [9.17, 15) is 9.90 Å². The summed E-state index contributed by atoms with van der Waals surface area (Å²) < 4.78 is 4.96. The molecule has 0 bridgehead atoms. The number of benzene rings is 1. The van der Waals surface area contributed by atoms with E-state index in [-0.39, 0.29) is 17.2 Å². The Kier molecular flexibility index (Phi) is 2.71. The molecule has 0 radical (unpaired) electrons. The Balaban J connectivity index is 2.14. The number of fused-ring (bicyclic) bond motifs is 1. The number of phenolic OH excluding ortho intramolecular Hbond substituents is 1. The Morgan fingerprint density at radius 2 is 2.16 bits per heavy atom. The fraction of sp³-hybridized carbons (Fsp3) is 0.231. The van der Waals surface area contributed by atoms with Crippen molar-refractivity contribution in [2.45, 2.75) is 19.3 Å². The molecule has 1 heterocycles. The van der Waals surface area contributed by atoms with Gasteiger partial charge in [-0.15, -0.1) is 0 Å². The van der Waals surface area contributed by atoms with E-state index in [1.165, 1.54) is 6.07 Å². The van der Waals surface area contributed by atoms with Crippen molar-refractivity contribution in [3.8, 4) is 17.1 Å². The van der Waals surface area contributed by atoms with Crippen LogP contribution >= 0.6 is 11.6 Å². The van der Waals surface area contributed by atoms with Gasteiger partial charge < -0.3 is 14.7 Å². The van der Waals surface area contributed by atoms with Gasteiger partial charge in [-0.25, -0.2) is 4.79 Å². The van der Waals surface area contributed by atoms with Crippen LogP contribution in [0.4, 0.5) is 0 Å². The molecule has 6 heteroatoms. The predicted octanol–water partition coefficient (Wildman–Crippen LogP) is 2.89. The number of aryl methyl sites for hydroxylation is 1. The normalized spacial score (nSPS) is 13.5. The molecule has 98 valence electrons. The standard InChI is InChI=1S/C13H10ClNO4/c14-11-7-3-1-2-6(7)4-8(12(11)16)10-5-9(13(17)18)15-19-10/h4-5,16H,1-3H2,(H,17,18). The van der Waals surface area contributed by atoms with Crippen molar-refractivity contribution < 1.29 is 19.5 Å². The molecule has 1 aliphatic rings. The number of aromatic hydroxyl groups is 1. The molecule has 0 saturated heterocycles. The number of carbonyl (C=O) groups is 1. The van der Waals surface area contributed by atoms with E-state index in [2.05, 4.69) is 5.16 Å². The van der Waals surface area contributed by atoms with E-state index >= 15 is 0 Å². The minimum absolute atomic E-state index is 0.0876. The van der Waals surface area contributed by atoms with Crippen molar-refractivity contribution in [2.75, 3.05) is 0 Å². The quantitative estimate of drug-likeness (QED) is 0.883. The van der Waals surface area contributed by atoms with Gasteiger partial charge in [0.05, 0.1) is 10.6 Å². The summed E-state index contributed by atoms with van der Waals surface area (Å²) in [5, 5.41) is 22.7. The number of hydrogen-bond donors (Lipinski definition) is 2. The van der Waals surface area contributed by atoms with Crippen molar-refractivity contribution in [3.63, 3.8) is 0 Å². The Bertz CT molecular complexity index is 678. The van der Waals surface area contributed by atoms with Crippen molar-refractivity contribution >= 4 is 17.6 Å². The van der Waals surface area contributed by atoms with Crippen LogP contribution in [0.3, 0.4) is 0 Å². The van der Waals surface area contributed by atoms with Gasteiger partial charge >= 0.3 is 5.97 Å². The molecule has 1 aromatic carbocycles. The Morgan fingerprint density at radius 1 is 1.37 bits per heavy atom. The number of nitrogens with zero attached hydrogens (tertiary/aromatic N) is 1. The van der Waals surface area contributed by atoms with Crippen LogP contribution in [-0.2, 0) is 12.8 Å². The van der Waals surface area contributed by atoms with Crippen LogP contribution in [0.25, 0.3) is 11.3 Å². The predicted molar refractivity (Wildman–Crippen MR) is 67.6 cm³/mol. The first-order valence-electron chi connectivity index (χ1n) is 5.81. The lowest BCUT2D eigenvalue weighted by atomic mass is 10.0. The third-order valence-electron chi connectivity index (χ3n) is 3.30. The minimum Gasteiger partial charge on any atom is -0.506 e. The SMILES string of the molecule is O=C(O)c1cc(-c2cc3c(c(Cl)c2O)CCC3)on1. The molecule has 0 fully saturated rings. The molecule has 0 atom stereocenters. The number of phenols is 1. The molecule has 3 rings (SSSR count). The van der Waals surface area contributed by atoms with Crippen molar-refractivity contribution in [1.82, 2.24) is 5.16 Å². The van der Waals surface area contributed by atoms with Gasteiger partial charge in [0, 0.05) is 6.07 Å². The van der Waals surface area contributed by atoms with Crippen LogP contribution in [0.15, 0.2) is 16.7 Å². The molecule has 0 saturated carbocycles. The van der Waals surface area contributed by atoms with Crippen molar-refractivity contribution in [1.29, 1.82) is 0 Å². The van der Waals surface area contributed by atoms with Gasteiger partial charge in [-0.05, 0) is 36.5 Å². The summed E-state index contributed by atoms with van der Waals surface area (Å²) >= 11 is 6.13. The highest BCUT2D eigenvalue weighted by molar-refractivity contribution is 6.33. The van der Waals surface area contributed by atoms with Gasteiger partial charge in [-0.1, -0.05) is 16.8 Å². The van der Waals surface area contributed by atoms with E-state index in [4.69, 9.17) is 21.2 Å². The third kappa shape index (κ3) is 1.86. The summed E-state index contributed by atoms with van der Waals surface area (Å²) in [4.78, 5) is 10.8. The first kappa shape index (κ1) is 12.0. The molecule has 19 heavy (non-hydrogen) atoms. The van der Waals surface area contributed by atoms with Crippen LogP contribution in [0.5, 0.6) is 5.75 Å². The van der Waals surface area contributed by atoms with Crippen LogP contribution in [-0.4, -0.2) is 21.3 Å². The summed E-state index contributed by atoms with van der Waals surface area (Å²) in [6, 6.07) is 3.06. The van der Waals surface area contributed by atoms with Crippen LogP contribution in [0.1, 0.15) is 28.0 Å². The largest absolute Gasteiger partial charge is 0.506 e. The molecular weight excluding hydrogens is 270 g/mol. The summed E-state index contributed by atoms with van der Waals surface area (Å²) in [5.41, 5.74) is 2.20. The summed E-state index contributed by atoms with van der Waals surface area (Å²) in [7, 11) is 0. The second kappa shape index (κ2) is 4.28. The lowest BCUT2D eigenvalue weighted by Crippen LogP contribution is -1.94. The van der Waals surface area contributed by atoms with Crippen LogP contribution < -0.4 is 0 Å². The topological polar surface area (TPSA) is 83.6 Å². The second-order valence-electron chi connectivity index (χ2n) is 4.46. The van der Waals surface area contributed by atoms with Gasteiger partial charge in [-0.2, -0.15) is 0 Å². The van der Waals surface area contributed by atoms with Crippen LogP contribution in [0, 0.1) is 0 Å². The van der Waals surface area contributed by atoms with Gasteiger partial charge in [-0.3, -0.25) is 0 Å². The van der Waals surface area contributed by atoms with Gasteiger partial charge in [0.2, 0.25) is 0 Å². The third-order valence-corrected chi connectivity index (χ3v) is 3.71. The van der Waals surface area contributed by atoms with E-state index in [0.29, 0.717) is 10.6 Å². The number of aromatic carboxylic acids is 1. The summed E-state index contributed by atoms with van der Waals surface area (Å²) in [5.74, 6) is -1.07. The number of rotatable bonds is 2.